The minimum Gasteiger partial charge on any atom is -0.338 e. The number of carbonyl (C=O) groups excluding carboxylic acids is 1. The SMILES string of the molecule is O=C1CCC2(CCN(Cc3ccc(F)c(F)c3F)CC2)CN1Cc1cccnc1. The van der Waals surface area contributed by atoms with Crippen molar-refractivity contribution in [2.24, 2.45) is 5.41 Å². The Morgan fingerprint density at radius 1 is 1.00 bits per heavy atom. The van der Waals surface area contributed by atoms with Crippen molar-refractivity contribution in [2.75, 3.05) is 19.6 Å². The highest BCUT2D eigenvalue weighted by Crippen LogP contribution is 2.41. The molecule has 0 unspecified atom stereocenters. The molecule has 2 aromatic rings. The summed E-state index contributed by atoms with van der Waals surface area (Å²) >= 11 is 0. The van der Waals surface area contributed by atoms with E-state index < -0.39 is 17.5 Å². The van der Waals surface area contributed by atoms with Crippen LogP contribution in [-0.4, -0.2) is 40.3 Å². The molecule has 29 heavy (non-hydrogen) atoms. The topological polar surface area (TPSA) is 36.4 Å². The van der Waals surface area contributed by atoms with Crippen molar-refractivity contribution >= 4 is 5.91 Å². The maximum Gasteiger partial charge on any atom is 0.222 e. The lowest BCUT2D eigenvalue weighted by Crippen LogP contribution is -2.51. The second kappa shape index (κ2) is 8.14. The number of hydrogen-bond acceptors (Lipinski definition) is 3. The van der Waals surface area contributed by atoms with E-state index in [0.29, 0.717) is 19.5 Å². The average Bonchev–Trinajstić information content (AvgIpc) is 2.74. The molecule has 0 saturated carbocycles. The van der Waals surface area contributed by atoms with Crippen LogP contribution in [0.2, 0.25) is 0 Å². The Kier molecular flexibility index (Phi) is 5.58. The molecular formula is C22H24F3N3O. The summed E-state index contributed by atoms with van der Waals surface area (Å²) in [6.07, 6.45) is 6.70. The third-order valence-electron chi connectivity index (χ3n) is 6.27. The van der Waals surface area contributed by atoms with Gasteiger partial charge in [-0.3, -0.25) is 14.7 Å². The largest absolute Gasteiger partial charge is 0.338 e. The Morgan fingerprint density at radius 2 is 1.79 bits per heavy atom. The summed E-state index contributed by atoms with van der Waals surface area (Å²) in [5.41, 5.74) is 1.26. The van der Waals surface area contributed by atoms with Crippen LogP contribution in [0.25, 0.3) is 0 Å². The van der Waals surface area contributed by atoms with Crippen molar-refractivity contribution in [3.05, 3.63) is 65.2 Å². The van der Waals surface area contributed by atoms with Crippen LogP contribution in [0, 0.1) is 22.9 Å². The van der Waals surface area contributed by atoms with E-state index in [1.807, 2.05) is 17.0 Å². The number of nitrogens with zero attached hydrogens (tertiary/aromatic N) is 3. The van der Waals surface area contributed by atoms with Crippen molar-refractivity contribution in [1.29, 1.82) is 0 Å². The first-order valence-electron chi connectivity index (χ1n) is 9.97. The highest BCUT2D eigenvalue weighted by molar-refractivity contribution is 5.77. The summed E-state index contributed by atoms with van der Waals surface area (Å²) < 4.78 is 40.6. The molecule has 1 aromatic heterocycles. The molecular weight excluding hydrogens is 379 g/mol. The molecule has 0 N–H and O–H groups in total. The molecule has 1 spiro atoms. The zero-order chi connectivity index (χ0) is 20.4. The van der Waals surface area contributed by atoms with Gasteiger partial charge in [0.05, 0.1) is 0 Å². The molecule has 2 aliphatic heterocycles. The summed E-state index contributed by atoms with van der Waals surface area (Å²) in [5.74, 6) is -3.50. The Morgan fingerprint density at radius 3 is 2.52 bits per heavy atom. The van der Waals surface area contributed by atoms with Gasteiger partial charge in [-0.25, -0.2) is 13.2 Å². The summed E-state index contributed by atoms with van der Waals surface area (Å²) in [6.45, 7) is 3.03. The molecule has 2 aliphatic rings. The average molecular weight is 403 g/mol. The molecule has 3 heterocycles. The van der Waals surface area contributed by atoms with Crippen molar-refractivity contribution in [2.45, 2.75) is 38.8 Å². The van der Waals surface area contributed by atoms with E-state index in [2.05, 4.69) is 9.88 Å². The molecule has 0 atom stereocenters. The number of likely N-dealkylation sites (tertiary alicyclic amines) is 2. The molecule has 2 saturated heterocycles. The molecule has 4 rings (SSSR count). The van der Waals surface area contributed by atoms with Crippen LogP contribution < -0.4 is 0 Å². The third-order valence-corrected chi connectivity index (χ3v) is 6.27. The predicted octanol–water partition coefficient (Wildman–Crippen LogP) is 3.90. The van der Waals surface area contributed by atoms with E-state index in [1.54, 1.807) is 12.4 Å². The number of piperidine rings is 2. The Balaban J connectivity index is 1.38. The van der Waals surface area contributed by atoms with Gasteiger partial charge in [0.25, 0.3) is 0 Å². The van der Waals surface area contributed by atoms with Crippen molar-refractivity contribution < 1.29 is 18.0 Å². The number of benzene rings is 1. The number of halogens is 3. The number of amides is 1. The number of pyridine rings is 1. The van der Waals surface area contributed by atoms with E-state index in [1.165, 1.54) is 6.07 Å². The molecule has 0 aliphatic carbocycles. The Labute approximate surface area is 168 Å². The monoisotopic (exact) mass is 403 g/mol. The zero-order valence-corrected chi connectivity index (χ0v) is 16.2. The molecule has 154 valence electrons. The van der Waals surface area contributed by atoms with E-state index >= 15 is 0 Å². The van der Waals surface area contributed by atoms with E-state index in [0.717, 1.165) is 44.0 Å². The van der Waals surface area contributed by atoms with Gasteiger partial charge in [-0.15, -0.1) is 0 Å². The second-order valence-electron chi connectivity index (χ2n) is 8.22. The summed E-state index contributed by atoms with van der Waals surface area (Å²) in [7, 11) is 0. The van der Waals surface area contributed by atoms with Gasteiger partial charge in [0.2, 0.25) is 5.91 Å². The zero-order valence-electron chi connectivity index (χ0n) is 16.2. The first-order valence-corrected chi connectivity index (χ1v) is 9.97. The van der Waals surface area contributed by atoms with Crippen LogP contribution in [0.15, 0.2) is 36.7 Å². The Hall–Kier alpha value is -2.41. The lowest BCUT2D eigenvalue weighted by molar-refractivity contribution is -0.140. The number of hydrogen-bond donors (Lipinski definition) is 0. The van der Waals surface area contributed by atoms with Crippen LogP contribution in [0.3, 0.4) is 0 Å². The maximum absolute atomic E-state index is 14.0. The van der Waals surface area contributed by atoms with Gasteiger partial charge in [0.1, 0.15) is 0 Å². The van der Waals surface area contributed by atoms with Crippen LogP contribution in [-0.2, 0) is 17.9 Å². The molecule has 2 fully saturated rings. The molecule has 1 aromatic carbocycles. The van der Waals surface area contributed by atoms with Crippen LogP contribution in [0.5, 0.6) is 0 Å². The summed E-state index contributed by atoms with van der Waals surface area (Å²) in [6, 6.07) is 6.13. The normalized spacial score (nSPS) is 19.7. The molecule has 4 nitrogen and oxygen atoms in total. The van der Waals surface area contributed by atoms with Crippen LogP contribution >= 0.6 is 0 Å². The third kappa shape index (κ3) is 4.29. The number of aromatic nitrogens is 1. The number of carbonyl (C=O) groups is 1. The van der Waals surface area contributed by atoms with Crippen molar-refractivity contribution in [1.82, 2.24) is 14.8 Å². The molecule has 1 amide bonds. The van der Waals surface area contributed by atoms with Gasteiger partial charge in [-0.05, 0) is 55.5 Å². The fourth-order valence-corrected chi connectivity index (χ4v) is 4.48. The molecule has 0 radical (unpaired) electrons. The quantitative estimate of drug-likeness (QED) is 0.727. The van der Waals surface area contributed by atoms with Gasteiger partial charge < -0.3 is 4.90 Å². The summed E-state index contributed by atoms with van der Waals surface area (Å²) in [4.78, 5) is 20.5. The standard InChI is InChI=1S/C22H24F3N3O/c23-18-4-3-17(20(24)21(18)25)14-27-10-7-22(8-11-27)6-5-19(29)28(15-22)13-16-2-1-9-26-12-16/h1-4,9,12H,5-8,10-11,13-15H2. The van der Waals surface area contributed by atoms with Gasteiger partial charge in [-0.1, -0.05) is 12.1 Å². The minimum atomic E-state index is -1.41. The van der Waals surface area contributed by atoms with Gasteiger partial charge >= 0.3 is 0 Å². The van der Waals surface area contributed by atoms with Crippen molar-refractivity contribution in [3.63, 3.8) is 0 Å². The van der Waals surface area contributed by atoms with E-state index in [4.69, 9.17) is 0 Å². The predicted molar refractivity (Wildman–Crippen MR) is 102 cm³/mol. The second-order valence-corrected chi connectivity index (χ2v) is 8.22. The van der Waals surface area contributed by atoms with Gasteiger partial charge in [0.15, 0.2) is 17.5 Å². The van der Waals surface area contributed by atoms with Crippen LogP contribution in [0.1, 0.15) is 36.8 Å². The lowest BCUT2D eigenvalue weighted by atomic mass is 9.72. The minimum absolute atomic E-state index is 0.0687. The maximum atomic E-state index is 14.0. The van der Waals surface area contributed by atoms with Crippen molar-refractivity contribution in [3.8, 4) is 0 Å². The number of rotatable bonds is 4. The fraction of sp³-hybridized carbons (Fsp3) is 0.455. The first kappa shape index (κ1) is 19.9. The lowest BCUT2D eigenvalue weighted by Gasteiger charge is -2.47. The Bertz CT molecular complexity index is 882. The molecule has 7 heteroatoms. The van der Waals surface area contributed by atoms with Gasteiger partial charge in [0, 0.05) is 44.0 Å². The van der Waals surface area contributed by atoms with E-state index in [-0.39, 0.29) is 23.4 Å². The first-order chi connectivity index (χ1) is 14.0. The smallest absolute Gasteiger partial charge is 0.222 e. The highest BCUT2D eigenvalue weighted by Gasteiger charge is 2.41. The highest BCUT2D eigenvalue weighted by atomic mass is 19.2. The molecule has 0 bridgehead atoms. The summed E-state index contributed by atoms with van der Waals surface area (Å²) in [5, 5.41) is 0. The fourth-order valence-electron chi connectivity index (χ4n) is 4.48. The van der Waals surface area contributed by atoms with Gasteiger partial charge in [-0.2, -0.15) is 0 Å². The van der Waals surface area contributed by atoms with E-state index in [9.17, 15) is 18.0 Å². The van der Waals surface area contributed by atoms with Crippen LogP contribution in [0.4, 0.5) is 13.2 Å².